The Kier molecular flexibility index (Phi) is 5.01. The van der Waals surface area contributed by atoms with Crippen molar-refractivity contribution in [1.29, 1.82) is 0 Å². The number of anilines is 1. The SMILES string of the molecule is O=C(O)C1CC(C(=O)N2C[C@@H](C(F)(F)F)[C@H](C(=O)O)C2)=NN1c1ccccc1. The first-order valence-electron chi connectivity index (χ1n) is 8.33. The molecule has 3 rings (SSSR count). The Hall–Kier alpha value is -3.11. The number of carboxylic acid groups (broad SMARTS) is 2. The van der Waals surface area contributed by atoms with E-state index in [9.17, 15) is 32.7 Å². The summed E-state index contributed by atoms with van der Waals surface area (Å²) < 4.78 is 39.4. The van der Waals surface area contributed by atoms with Crippen molar-refractivity contribution in [2.75, 3.05) is 18.1 Å². The van der Waals surface area contributed by atoms with Crippen LogP contribution < -0.4 is 5.01 Å². The fraction of sp³-hybridized carbons (Fsp3) is 0.412. The molecule has 3 atom stereocenters. The van der Waals surface area contributed by atoms with Crippen molar-refractivity contribution in [3.63, 3.8) is 0 Å². The fourth-order valence-electron chi connectivity index (χ4n) is 3.38. The summed E-state index contributed by atoms with van der Waals surface area (Å²) in [5, 5.41) is 23.6. The van der Waals surface area contributed by atoms with Gasteiger partial charge in [0.1, 0.15) is 5.71 Å². The molecule has 0 spiro atoms. The number of hydrazone groups is 1. The van der Waals surface area contributed by atoms with Gasteiger partial charge in [-0.1, -0.05) is 18.2 Å². The van der Waals surface area contributed by atoms with Crippen molar-refractivity contribution < 1.29 is 37.8 Å². The number of hydrogen-bond acceptors (Lipinski definition) is 5. The van der Waals surface area contributed by atoms with E-state index in [4.69, 9.17) is 5.11 Å². The van der Waals surface area contributed by atoms with Crippen LogP contribution in [0.1, 0.15) is 6.42 Å². The summed E-state index contributed by atoms with van der Waals surface area (Å²) in [6.07, 6.45) is -5.07. The van der Waals surface area contributed by atoms with E-state index >= 15 is 0 Å². The van der Waals surface area contributed by atoms with Crippen molar-refractivity contribution in [2.24, 2.45) is 16.9 Å². The van der Waals surface area contributed by atoms with Gasteiger partial charge in [-0.05, 0) is 12.1 Å². The van der Waals surface area contributed by atoms with Crippen LogP contribution in [0.3, 0.4) is 0 Å². The first-order valence-corrected chi connectivity index (χ1v) is 8.33. The number of rotatable bonds is 4. The molecule has 0 aromatic heterocycles. The molecule has 0 radical (unpaired) electrons. The summed E-state index contributed by atoms with van der Waals surface area (Å²) >= 11 is 0. The molecule has 11 heteroatoms. The maximum absolute atomic E-state index is 13.1. The van der Waals surface area contributed by atoms with Gasteiger partial charge in [-0.25, -0.2) is 4.79 Å². The predicted octanol–water partition coefficient (Wildman–Crippen LogP) is 1.43. The van der Waals surface area contributed by atoms with Gasteiger partial charge in [0, 0.05) is 19.5 Å². The number of alkyl halides is 3. The average Bonchev–Trinajstić information content (AvgIpc) is 3.27. The number of para-hydroxylation sites is 1. The third-order valence-electron chi connectivity index (χ3n) is 4.81. The summed E-state index contributed by atoms with van der Waals surface area (Å²) in [5.41, 5.74) is 0.193. The Balaban J connectivity index is 1.84. The van der Waals surface area contributed by atoms with Gasteiger partial charge >= 0.3 is 18.1 Å². The summed E-state index contributed by atoms with van der Waals surface area (Å²) in [4.78, 5) is 36.1. The Morgan fingerprint density at radius 1 is 1.04 bits per heavy atom. The van der Waals surface area contributed by atoms with Crippen LogP contribution in [-0.4, -0.2) is 64.0 Å². The van der Waals surface area contributed by atoms with Crippen molar-refractivity contribution in [3.05, 3.63) is 30.3 Å². The molecule has 150 valence electrons. The Morgan fingerprint density at radius 2 is 1.68 bits per heavy atom. The second kappa shape index (κ2) is 7.13. The van der Waals surface area contributed by atoms with Crippen LogP contribution >= 0.6 is 0 Å². The van der Waals surface area contributed by atoms with Crippen LogP contribution in [0.4, 0.5) is 18.9 Å². The van der Waals surface area contributed by atoms with Gasteiger partial charge in [-0.3, -0.25) is 14.6 Å². The molecule has 0 saturated carbocycles. The van der Waals surface area contributed by atoms with E-state index in [1.165, 1.54) is 0 Å². The molecule has 2 N–H and O–H groups in total. The lowest BCUT2D eigenvalue weighted by Crippen LogP contribution is -2.37. The van der Waals surface area contributed by atoms with Crippen molar-refractivity contribution in [1.82, 2.24) is 4.90 Å². The van der Waals surface area contributed by atoms with E-state index in [2.05, 4.69) is 5.10 Å². The monoisotopic (exact) mass is 399 g/mol. The van der Waals surface area contributed by atoms with Gasteiger partial charge in [0.15, 0.2) is 6.04 Å². The Bertz CT molecular complexity index is 827. The molecule has 2 heterocycles. The summed E-state index contributed by atoms with van der Waals surface area (Å²) in [7, 11) is 0. The van der Waals surface area contributed by atoms with Gasteiger partial charge in [-0.15, -0.1) is 0 Å². The van der Waals surface area contributed by atoms with Crippen LogP contribution in [0.25, 0.3) is 0 Å². The smallest absolute Gasteiger partial charge is 0.394 e. The number of carbonyl (C=O) groups excluding carboxylic acids is 1. The minimum Gasteiger partial charge on any atom is -0.481 e. The molecule has 28 heavy (non-hydrogen) atoms. The normalized spacial score (nSPS) is 25.0. The van der Waals surface area contributed by atoms with Gasteiger partial charge in [0.2, 0.25) is 0 Å². The standard InChI is InChI=1S/C17H16F3N3O5/c18-17(19,20)11-8-22(7-10(11)15(25)26)14(24)12-6-13(16(27)28)23(21-12)9-4-2-1-3-5-9/h1-5,10-11,13H,6-8H2,(H,25,26)(H,27,28)/t10-,11-,13?/m1/s1. The second-order valence-electron chi connectivity index (χ2n) is 6.59. The maximum Gasteiger partial charge on any atom is 0.394 e. The molecule has 0 bridgehead atoms. The van der Waals surface area contributed by atoms with E-state index in [0.29, 0.717) is 5.69 Å². The first-order chi connectivity index (χ1) is 13.1. The number of nitrogens with zero attached hydrogens (tertiary/aromatic N) is 3. The lowest BCUT2D eigenvalue weighted by atomic mass is 9.96. The number of amides is 1. The molecule has 1 amide bonds. The zero-order valence-electron chi connectivity index (χ0n) is 14.3. The molecule has 1 saturated heterocycles. The molecule has 2 aliphatic heterocycles. The topological polar surface area (TPSA) is 111 Å². The summed E-state index contributed by atoms with van der Waals surface area (Å²) in [5.74, 6) is -7.72. The van der Waals surface area contributed by atoms with Crippen LogP contribution in [0.5, 0.6) is 0 Å². The minimum absolute atomic E-state index is 0.219. The van der Waals surface area contributed by atoms with Crippen LogP contribution in [-0.2, 0) is 14.4 Å². The molecular weight excluding hydrogens is 383 g/mol. The van der Waals surface area contributed by atoms with Crippen molar-refractivity contribution in [3.8, 4) is 0 Å². The number of likely N-dealkylation sites (tertiary alicyclic amines) is 1. The molecular formula is C17H16F3N3O5. The zero-order chi connectivity index (χ0) is 20.6. The summed E-state index contributed by atoms with van der Waals surface area (Å²) in [6.45, 7) is -1.41. The molecule has 1 aromatic carbocycles. The predicted molar refractivity (Wildman–Crippen MR) is 89.6 cm³/mol. The second-order valence-corrected chi connectivity index (χ2v) is 6.59. The third kappa shape index (κ3) is 3.64. The number of halogens is 3. The van der Waals surface area contributed by atoms with Crippen LogP contribution in [0, 0.1) is 11.8 Å². The van der Waals surface area contributed by atoms with Crippen LogP contribution in [0.15, 0.2) is 35.4 Å². The maximum atomic E-state index is 13.1. The van der Waals surface area contributed by atoms with E-state index in [1.807, 2.05) is 0 Å². The van der Waals surface area contributed by atoms with E-state index < -0.39 is 55.0 Å². The van der Waals surface area contributed by atoms with E-state index in [0.717, 1.165) is 9.91 Å². The lowest BCUT2D eigenvalue weighted by Gasteiger charge is -2.19. The zero-order valence-corrected chi connectivity index (χ0v) is 14.3. The van der Waals surface area contributed by atoms with Gasteiger partial charge in [0.25, 0.3) is 5.91 Å². The highest BCUT2D eigenvalue weighted by molar-refractivity contribution is 6.40. The van der Waals surface area contributed by atoms with Gasteiger partial charge in [0.05, 0.1) is 17.5 Å². The molecule has 0 aliphatic carbocycles. The number of benzene rings is 1. The first kappa shape index (κ1) is 19.6. The van der Waals surface area contributed by atoms with Crippen molar-refractivity contribution in [2.45, 2.75) is 18.6 Å². The number of aliphatic carboxylic acids is 2. The number of carboxylic acids is 2. The number of carbonyl (C=O) groups is 3. The molecule has 1 aromatic rings. The molecule has 8 nitrogen and oxygen atoms in total. The highest BCUT2D eigenvalue weighted by atomic mass is 19.4. The number of hydrogen-bond donors (Lipinski definition) is 2. The van der Waals surface area contributed by atoms with Crippen LogP contribution in [0.2, 0.25) is 0 Å². The van der Waals surface area contributed by atoms with Gasteiger partial charge < -0.3 is 15.1 Å². The molecule has 1 unspecified atom stereocenters. The lowest BCUT2D eigenvalue weighted by molar-refractivity contribution is -0.188. The molecule has 1 fully saturated rings. The average molecular weight is 399 g/mol. The highest BCUT2D eigenvalue weighted by Crippen LogP contribution is 2.38. The molecule has 2 aliphatic rings. The van der Waals surface area contributed by atoms with Crippen molar-refractivity contribution >= 4 is 29.2 Å². The largest absolute Gasteiger partial charge is 0.481 e. The highest BCUT2D eigenvalue weighted by Gasteiger charge is 2.54. The Labute approximate surface area is 156 Å². The third-order valence-corrected chi connectivity index (χ3v) is 4.81. The summed E-state index contributed by atoms with van der Waals surface area (Å²) in [6, 6.07) is 6.99. The Morgan fingerprint density at radius 3 is 2.18 bits per heavy atom. The van der Waals surface area contributed by atoms with E-state index in [-0.39, 0.29) is 12.1 Å². The fourth-order valence-corrected chi connectivity index (χ4v) is 3.38. The quantitative estimate of drug-likeness (QED) is 0.793. The van der Waals surface area contributed by atoms with E-state index in [1.54, 1.807) is 30.3 Å². The van der Waals surface area contributed by atoms with Gasteiger partial charge in [-0.2, -0.15) is 18.3 Å². The minimum atomic E-state index is -4.77.